The summed E-state index contributed by atoms with van der Waals surface area (Å²) in [7, 11) is 1.94. The Morgan fingerprint density at radius 1 is 1.16 bits per heavy atom. The molecule has 2 aromatic carbocycles. The van der Waals surface area contributed by atoms with Gasteiger partial charge in [-0.25, -0.2) is 9.78 Å². The fraction of sp³-hybridized carbons (Fsp3) is 0.217. The summed E-state index contributed by atoms with van der Waals surface area (Å²) in [5.41, 5.74) is 3.56. The van der Waals surface area contributed by atoms with Gasteiger partial charge in [0.25, 0.3) is 0 Å². The van der Waals surface area contributed by atoms with Gasteiger partial charge in [-0.1, -0.05) is 18.2 Å². The predicted molar refractivity (Wildman–Crippen MR) is 117 cm³/mol. The molecule has 0 atom stereocenters. The maximum Gasteiger partial charge on any atom is 0.416 e. The zero-order valence-corrected chi connectivity index (χ0v) is 18.0. The largest absolute Gasteiger partial charge is 0.478 e. The van der Waals surface area contributed by atoms with Crippen LogP contribution in [-0.4, -0.2) is 23.1 Å². The number of hydrogen-bond donors (Lipinski definition) is 1. The molecule has 3 rings (SSSR count). The second-order valence-corrected chi connectivity index (χ2v) is 8.25. The minimum atomic E-state index is -4.36. The number of aryl methyl sites for hydroxylation is 2. The Hall–Kier alpha value is -3.13. The van der Waals surface area contributed by atoms with E-state index in [1.54, 1.807) is 6.08 Å². The Balaban J connectivity index is 1.77. The molecule has 0 aliphatic carbocycles. The Kier molecular flexibility index (Phi) is 6.50. The zero-order valence-electron chi connectivity index (χ0n) is 17.2. The fourth-order valence-corrected chi connectivity index (χ4v) is 4.17. The molecular formula is C23H21F3N2O2S. The molecule has 0 saturated carbocycles. The van der Waals surface area contributed by atoms with Crippen LogP contribution in [0.15, 0.2) is 48.5 Å². The van der Waals surface area contributed by atoms with E-state index in [-0.39, 0.29) is 0 Å². The highest BCUT2D eigenvalue weighted by molar-refractivity contribution is 7.15. The van der Waals surface area contributed by atoms with E-state index in [0.29, 0.717) is 17.1 Å². The second kappa shape index (κ2) is 8.93. The highest BCUT2D eigenvalue weighted by Gasteiger charge is 2.30. The molecule has 0 aliphatic heterocycles. The van der Waals surface area contributed by atoms with Gasteiger partial charge in [-0.05, 0) is 55.3 Å². The van der Waals surface area contributed by atoms with Gasteiger partial charge in [-0.3, -0.25) is 0 Å². The number of carboxylic acids is 1. The second-order valence-electron chi connectivity index (χ2n) is 7.17. The van der Waals surface area contributed by atoms with Crippen molar-refractivity contribution < 1.29 is 23.1 Å². The van der Waals surface area contributed by atoms with Gasteiger partial charge in [0.1, 0.15) is 5.01 Å². The standard InChI is InChI=1S/C23H21F3N2O2S/c1-14-12-19(10-6-16(14)7-11-21(29)30)28(3)13-20-15(2)27-22(31-20)17-4-8-18(9-5-17)23(24,25)26/h4-12H,13H2,1-3H3,(H,29,30)/b11-7+. The molecule has 1 N–H and O–H groups in total. The first-order chi connectivity index (χ1) is 14.5. The number of carbonyl (C=O) groups is 1. The molecule has 0 fully saturated rings. The fourth-order valence-electron chi connectivity index (χ4n) is 3.05. The first kappa shape index (κ1) is 22.6. The normalized spacial score (nSPS) is 11.8. The molecule has 1 heterocycles. The summed E-state index contributed by atoms with van der Waals surface area (Å²) in [6.45, 7) is 4.39. The molecule has 0 amide bonds. The Morgan fingerprint density at radius 3 is 2.42 bits per heavy atom. The van der Waals surface area contributed by atoms with Crippen LogP contribution in [0, 0.1) is 13.8 Å². The van der Waals surface area contributed by atoms with E-state index >= 15 is 0 Å². The molecule has 162 valence electrons. The van der Waals surface area contributed by atoms with Crippen LogP contribution in [0.3, 0.4) is 0 Å². The van der Waals surface area contributed by atoms with Crippen LogP contribution < -0.4 is 4.90 Å². The summed E-state index contributed by atoms with van der Waals surface area (Å²) >= 11 is 1.46. The van der Waals surface area contributed by atoms with Crippen molar-refractivity contribution in [1.82, 2.24) is 4.98 Å². The highest BCUT2D eigenvalue weighted by Crippen LogP contribution is 2.33. The number of rotatable bonds is 6. The monoisotopic (exact) mass is 446 g/mol. The lowest BCUT2D eigenvalue weighted by Crippen LogP contribution is -2.16. The topological polar surface area (TPSA) is 53.4 Å². The Labute approximate surface area is 182 Å². The number of benzene rings is 2. The van der Waals surface area contributed by atoms with Crippen LogP contribution in [0.1, 0.15) is 27.3 Å². The Morgan fingerprint density at radius 2 is 1.84 bits per heavy atom. The number of nitrogens with zero attached hydrogens (tertiary/aromatic N) is 2. The first-order valence-corrected chi connectivity index (χ1v) is 10.2. The molecule has 0 spiro atoms. The minimum Gasteiger partial charge on any atom is -0.478 e. The molecule has 4 nitrogen and oxygen atoms in total. The van der Waals surface area contributed by atoms with Crippen LogP contribution >= 0.6 is 11.3 Å². The predicted octanol–water partition coefficient (Wildman–Crippen LogP) is 6.18. The summed E-state index contributed by atoms with van der Waals surface area (Å²) in [4.78, 5) is 18.3. The van der Waals surface area contributed by atoms with E-state index in [9.17, 15) is 18.0 Å². The molecule has 1 aromatic heterocycles. The van der Waals surface area contributed by atoms with Gasteiger partial charge < -0.3 is 10.0 Å². The average molecular weight is 446 g/mol. The van der Waals surface area contributed by atoms with Crippen LogP contribution in [0.5, 0.6) is 0 Å². The van der Waals surface area contributed by atoms with Crippen LogP contribution in [0.2, 0.25) is 0 Å². The zero-order chi connectivity index (χ0) is 22.8. The van der Waals surface area contributed by atoms with E-state index in [1.807, 2.05) is 39.1 Å². The van der Waals surface area contributed by atoms with Crippen molar-refractivity contribution in [2.75, 3.05) is 11.9 Å². The van der Waals surface area contributed by atoms with Gasteiger partial charge in [-0.2, -0.15) is 13.2 Å². The number of halogens is 3. The van der Waals surface area contributed by atoms with Crippen molar-refractivity contribution in [2.24, 2.45) is 0 Å². The van der Waals surface area contributed by atoms with Gasteiger partial charge in [0, 0.05) is 29.3 Å². The molecule has 8 heteroatoms. The van der Waals surface area contributed by atoms with E-state index in [2.05, 4.69) is 9.88 Å². The minimum absolute atomic E-state index is 0.591. The molecule has 0 bridgehead atoms. The summed E-state index contributed by atoms with van der Waals surface area (Å²) in [6.07, 6.45) is -1.69. The molecule has 0 radical (unpaired) electrons. The van der Waals surface area contributed by atoms with E-state index in [4.69, 9.17) is 5.11 Å². The van der Waals surface area contributed by atoms with Gasteiger partial charge >= 0.3 is 12.1 Å². The highest BCUT2D eigenvalue weighted by atomic mass is 32.1. The van der Waals surface area contributed by atoms with Crippen molar-refractivity contribution in [1.29, 1.82) is 0 Å². The quantitative estimate of drug-likeness (QED) is 0.460. The molecule has 31 heavy (non-hydrogen) atoms. The van der Waals surface area contributed by atoms with E-state index in [0.717, 1.165) is 45.6 Å². The lowest BCUT2D eigenvalue weighted by Gasteiger charge is -2.20. The van der Waals surface area contributed by atoms with Gasteiger partial charge in [0.2, 0.25) is 0 Å². The molecule has 0 unspecified atom stereocenters. The number of carboxylic acid groups (broad SMARTS) is 1. The van der Waals surface area contributed by atoms with Gasteiger partial charge in [0.15, 0.2) is 0 Å². The molecule has 0 aliphatic rings. The van der Waals surface area contributed by atoms with Crippen molar-refractivity contribution in [3.05, 3.63) is 75.8 Å². The maximum atomic E-state index is 12.8. The number of hydrogen-bond acceptors (Lipinski definition) is 4. The summed E-state index contributed by atoms with van der Waals surface area (Å²) < 4.78 is 38.3. The molecule has 3 aromatic rings. The SMILES string of the molecule is Cc1cc(N(C)Cc2sc(-c3ccc(C(F)(F)F)cc3)nc2C)ccc1/C=C/C(=O)O. The lowest BCUT2D eigenvalue weighted by atomic mass is 10.1. The average Bonchev–Trinajstić information content (AvgIpc) is 3.06. The first-order valence-electron chi connectivity index (χ1n) is 9.41. The summed E-state index contributed by atoms with van der Waals surface area (Å²) in [5, 5.41) is 9.46. The van der Waals surface area contributed by atoms with Gasteiger partial charge in [-0.15, -0.1) is 11.3 Å². The number of aromatic nitrogens is 1. The number of anilines is 1. The third kappa shape index (κ3) is 5.52. The Bertz CT molecular complexity index is 1120. The van der Waals surface area contributed by atoms with Crippen LogP contribution in [0.4, 0.5) is 18.9 Å². The van der Waals surface area contributed by atoms with E-state index in [1.165, 1.54) is 23.5 Å². The van der Waals surface area contributed by atoms with Crippen LogP contribution in [-0.2, 0) is 17.5 Å². The summed E-state index contributed by atoms with van der Waals surface area (Å²) in [5.74, 6) is -0.995. The molecule has 0 saturated heterocycles. The number of alkyl halides is 3. The third-order valence-corrected chi connectivity index (χ3v) is 6.02. The van der Waals surface area contributed by atoms with E-state index < -0.39 is 17.7 Å². The molecular weight excluding hydrogens is 425 g/mol. The van der Waals surface area contributed by atoms with Crippen molar-refractivity contribution in [3.63, 3.8) is 0 Å². The summed E-state index contributed by atoms with van der Waals surface area (Å²) in [6, 6.07) is 10.8. The number of aliphatic carboxylic acids is 1. The maximum absolute atomic E-state index is 12.8. The smallest absolute Gasteiger partial charge is 0.416 e. The third-order valence-electron chi connectivity index (χ3n) is 4.83. The van der Waals surface area contributed by atoms with Crippen molar-refractivity contribution >= 4 is 29.1 Å². The number of thiazole rings is 1. The van der Waals surface area contributed by atoms with Crippen molar-refractivity contribution in [2.45, 2.75) is 26.6 Å². The van der Waals surface area contributed by atoms with Crippen molar-refractivity contribution in [3.8, 4) is 10.6 Å². The lowest BCUT2D eigenvalue weighted by molar-refractivity contribution is -0.137. The van der Waals surface area contributed by atoms with Gasteiger partial charge in [0.05, 0.1) is 17.8 Å². The van der Waals surface area contributed by atoms with Crippen LogP contribution in [0.25, 0.3) is 16.6 Å².